The number of hydrogen-bond acceptors (Lipinski definition) is 7. The number of hydrogen-bond donors (Lipinski definition) is 0. The topological polar surface area (TPSA) is 94.3 Å². The van der Waals surface area contributed by atoms with E-state index in [4.69, 9.17) is 18.7 Å². The van der Waals surface area contributed by atoms with Gasteiger partial charge in [0.05, 0.1) is 31.9 Å². The molecule has 1 aromatic heterocycles. The number of rotatable bonds is 6. The Morgan fingerprint density at radius 2 is 1.71 bits per heavy atom. The Balaban J connectivity index is 1.47. The predicted molar refractivity (Wildman–Crippen MR) is 111 cm³/mol. The van der Waals surface area contributed by atoms with E-state index in [1.54, 1.807) is 32.1 Å². The molecule has 2 heterocycles. The van der Waals surface area contributed by atoms with Gasteiger partial charge in [0.2, 0.25) is 5.91 Å². The van der Waals surface area contributed by atoms with Crippen molar-refractivity contribution in [3.63, 3.8) is 0 Å². The molecule has 1 aliphatic heterocycles. The summed E-state index contributed by atoms with van der Waals surface area (Å²) in [5.74, 6) is 1.83. The average molecular weight is 429 g/mol. The van der Waals surface area contributed by atoms with Crippen LogP contribution < -0.4 is 9.47 Å². The maximum atomic E-state index is 13.3. The van der Waals surface area contributed by atoms with E-state index in [1.165, 1.54) is 0 Å². The van der Waals surface area contributed by atoms with Gasteiger partial charge in [-0.25, -0.2) is 4.79 Å². The van der Waals surface area contributed by atoms with E-state index in [1.807, 2.05) is 23.1 Å². The first-order valence-electron chi connectivity index (χ1n) is 10.4. The second kappa shape index (κ2) is 8.49. The van der Waals surface area contributed by atoms with E-state index in [0.717, 1.165) is 18.4 Å². The van der Waals surface area contributed by atoms with Gasteiger partial charge in [-0.1, -0.05) is 5.16 Å². The maximum absolute atomic E-state index is 13.3. The number of amides is 2. The molecule has 0 atom stereocenters. The van der Waals surface area contributed by atoms with Crippen molar-refractivity contribution >= 4 is 12.0 Å². The van der Waals surface area contributed by atoms with Gasteiger partial charge in [0.15, 0.2) is 17.3 Å². The highest BCUT2D eigenvalue weighted by Gasteiger charge is 2.55. The van der Waals surface area contributed by atoms with Crippen molar-refractivity contribution in [1.82, 2.24) is 15.0 Å². The number of aromatic nitrogens is 1. The number of benzene rings is 1. The SMILES string of the molecule is CCOC(=O)N1CCN(C(=O)C2(c3cc(-c4ccc(OC)c(OC)c4)on3)CC2)CC1. The van der Waals surface area contributed by atoms with E-state index in [9.17, 15) is 9.59 Å². The second-order valence-electron chi connectivity index (χ2n) is 7.71. The van der Waals surface area contributed by atoms with Gasteiger partial charge in [0, 0.05) is 37.8 Å². The van der Waals surface area contributed by atoms with E-state index in [-0.39, 0.29) is 12.0 Å². The van der Waals surface area contributed by atoms with Crippen molar-refractivity contribution in [3.05, 3.63) is 30.0 Å². The highest BCUT2D eigenvalue weighted by Crippen LogP contribution is 2.50. The van der Waals surface area contributed by atoms with Gasteiger partial charge in [0.1, 0.15) is 0 Å². The fourth-order valence-electron chi connectivity index (χ4n) is 3.94. The minimum Gasteiger partial charge on any atom is -0.493 e. The zero-order chi connectivity index (χ0) is 22.0. The van der Waals surface area contributed by atoms with Crippen molar-refractivity contribution in [2.75, 3.05) is 47.0 Å². The van der Waals surface area contributed by atoms with Crippen LogP contribution in [0.5, 0.6) is 11.5 Å². The molecule has 1 aliphatic carbocycles. The van der Waals surface area contributed by atoms with Gasteiger partial charge in [-0.05, 0) is 38.0 Å². The molecular formula is C22H27N3O6. The zero-order valence-corrected chi connectivity index (χ0v) is 18.1. The lowest BCUT2D eigenvalue weighted by atomic mass is 9.99. The Bertz CT molecular complexity index is 960. The van der Waals surface area contributed by atoms with E-state index < -0.39 is 5.41 Å². The minimum absolute atomic E-state index is 0.0446. The fourth-order valence-corrected chi connectivity index (χ4v) is 3.94. The molecule has 0 radical (unpaired) electrons. The molecule has 1 saturated carbocycles. The molecule has 0 unspecified atom stereocenters. The van der Waals surface area contributed by atoms with Crippen LogP contribution in [0.15, 0.2) is 28.8 Å². The first-order chi connectivity index (χ1) is 15.0. The van der Waals surface area contributed by atoms with Crippen molar-refractivity contribution in [1.29, 1.82) is 0 Å². The quantitative estimate of drug-likeness (QED) is 0.697. The smallest absolute Gasteiger partial charge is 0.409 e. The molecule has 0 N–H and O–H groups in total. The van der Waals surface area contributed by atoms with Crippen molar-refractivity contribution in [2.24, 2.45) is 0 Å². The van der Waals surface area contributed by atoms with Gasteiger partial charge in [-0.3, -0.25) is 4.79 Å². The summed E-state index contributed by atoms with van der Waals surface area (Å²) in [5.41, 5.74) is 0.808. The molecule has 31 heavy (non-hydrogen) atoms. The molecule has 2 aliphatic rings. The first kappa shape index (κ1) is 21.0. The van der Waals surface area contributed by atoms with Gasteiger partial charge < -0.3 is 28.5 Å². The third-order valence-electron chi connectivity index (χ3n) is 5.92. The lowest BCUT2D eigenvalue weighted by molar-refractivity contribution is -0.135. The van der Waals surface area contributed by atoms with E-state index in [0.29, 0.717) is 55.7 Å². The zero-order valence-electron chi connectivity index (χ0n) is 18.1. The summed E-state index contributed by atoms with van der Waals surface area (Å²) in [7, 11) is 3.16. The number of piperazine rings is 1. The molecule has 0 bridgehead atoms. The molecule has 1 saturated heterocycles. The summed E-state index contributed by atoms with van der Waals surface area (Å²) in [6.07, 6.45) is 1.15. The largest absolute Gasteiger partial charge is 0.493 e. The molecule has 9 nitrogen and oxygen atoms in total. The fraction of sp³-hybridized carbons (Fsp3) is 0.500. The molecule has 4 rings (SSSR count). The van der Waals surface area contributed by atoms with Crippen LogP contribution >= 0.6 is 0 Å². The summed E-state index contributed by atoms with van der Waals surface area (Å²) in [6.45, 7) is 4.03. The van der Waals surface area contributed by atoms with Gasteiger partial charge in [0.25, 0.3) is 0 Å². The Morgan fingerprint density at radius 3 is 2.32 bits per heavy atom. The number of methoxy groups -OCH3 is 2. The Labute approximate surface area is 180 Å². The monoisotopic (exact) mass is 429 g/mol. The number of carbonyl (C=O) groups excluding carboxylic acids is 2. The molecule has 2 aromatic rings. The van der Waals surface area contributed by atoms with E-state index >= 15 is 0 Å². The van der Waals surface area contributed by atoms with Crippen LogP contribution in [0, 0.1) is 0 Å². The molecule has 2 fully saturated rings. The summed E-state index contributed by atoms with van der Waals surface area (Å²) in [5, 5.41) is 4.23. The maximum Gasteiger partial charge on any atom is 0.409 e. The van der Waals surface area contributed by atoms with Crippen LogP contribution in [0.1, 0.15) is 25.5 Å². The standard InChI is InChI=1S/C22H27N3O6/c1-4-30-21(27)25-11-9-24(10-12-25)20(26)22(7-8-22)19-14-17(31-23-19)15-5-6-16(28-2)18(13-15)29-3/h5-6,13-14H,4,7-12H2,1-3H3. The average Bonchev–Trinajstić information content (AvgIpc) is 3.47. The normalized spacial score (nSPS) is 17.3. The van der Waals surface area contributed by atoms with Crippen LogP contribution in [-0.4, -0.2) is 74.0 Å². The van der Waals surface area contributed by atoms with Crippen molar-refractivity contribution in [3.8, 4) is 22.8 Å². The summed E-state index contributed by atoms with van der Waals surface area (Å²) < 4.78 is 21.3. The number of ether oxygens (including phenoxy) is 3. The second-order valence-corrected chi connectivity index (χ2v) is 7.71. The van der Waals surface area contributed by atoms with Crippen LogP contribution in [0.4, 0.5) is 4.79 Å². The van der Waals surface area contributed by atoms with Crippen LogP contribution in [0.25, 0.3) is 11.3 Å². The summed E-state index contributed by atoms with van der Waals surface area (Å²) >= 11 is 0. The van der Waals surface area contributed by atoms with Gasteiger partial charge in [-0.2, -0.15) is 0 Å². The molecule has 2 amide bonds. The minimum atomic E-state index is -0.635. The molecule has 9 heteroatoms. The highest BCUT2D eigenvalue weighted by molar-refractivity contribution is 5.91. The third kappa shape index (κ3) is 3.92. The molecule has 0 spiro atoms. The van der Waals surface area contributed by atoms with Crippen LogP contribution in [-0.2, 0) is 14.9 Å². The lowest BCUT2D eigenvalue weighted by Gasteiger charge is -2.35. The summed E-state index contributed by atoms with van der Waals surface area (Å²) in [6, 6.07) is 7.32. The predicted octanol–water partition coefficient (Wildman–Crippen LogP) is 2.69. The Morgan fingerprint density at radius 1 is 1.03 bits per heavy atom. The van der Waals surface area contributed by atoms with Crippen molar-refractivity contribution in [2.45, 2.75) is 25.2 Å². The highest BCUT2D eigenvalue weighted by atomic mass is 16.6. The molecular weight excluding hydrogens is 402 g/mol. The Kier molecular flexibility index (Phi) is 5.75. The third-order valence-corrected chi connectivity index (χ3v) is 5.92. The Hall–Kier alpha value is -3.23. The summed E-state index contributed by atoms with van der Waals surface area (Å²) in [4.78, 5) is 28.6. The van der Waals surface area contributed by atoms with Crippen LogP contribution in [0.2, 0.25) is 0 Å². The number of nitrogens with zero attached hydrogens (tertiary/aromatic N) is 3. The van der Waals surface area contributed by atoms with Gasteiger partial charge in [-0.15, -0.1) is 0 Å². The van der Waals surface area contributed by atoms with Gasteiger partial charge >= 0.3 is 6.09 Å². The van der Waals surface area contributed by atoms with E-state index in [2.05, 4.69) is 5.16 Å². The molecule has 1 aromatic carbocycles. The number of carbonyl (C=O) groups is 2. The molecule has 166 valence electrons. The first-order valence-corrected chi connectivity index (χ1v) is 10.4. The van der Waals surface area contributed by atoms with Crippen molar-refractivity contribution < 1.29 is 28.3 Å². The van der Waals surface area contributed by atoms with Crippen LogP contribution in [0.3, 0.4) is 0 Å². The lowest BCUT2D eigenvalue weighted by Crippen LogP contribution is -2.53.